The molecule has 0 bridgehead atoms. The molecule has 0 aromatic heterocycles. The van der Waals surface area contributed by atoms with E-state index in [-0.39, 0.29) is 29.4 Å². The van der Waals surface area contributed by atoms with Crippen LogP contribution in [0.3, 0.4) is 0 Å². The number of aliphatic hydroxyl groups is 1. The lowest BCUT2D eigenvalue weighted by molar-refractivity contribution is -0.120. The van der Waals surface area contributed by atoms with Gasteiger partial charge < -0.3 is 5.11 Å². The topological polar surface area (TPSA) is 66.7 Å². The Morgan fingerprint density at radius 3 is 1.84 bits per heavy atom. The third-order valence-electron chi connectivity index (χ3n) is 5.53. The number of hydrogen-bond donors (Lipinski definition) is 1. The first-order valence-corrected chi connectivity index (χ1v) is 10.4. The molecule has 31 heavy (non-hydrogen) atoms. The number of aryl methyl sites for hydroxylation is 1. The summed E-state index contributed by atoms with van der Waals surface area (Å²) in [5, 5.41) is 10.6. The van der Waals surface area contributed by atoms with E-state index in [1.165, 1.54) is 0 Å². The van der Waals surface area contributed by atoms with Gasteiger partial charge in [-0.25, -0.2) is 4.99 Å². The standard InChI is InChI=1S/C27H23NO3/c29-24(18-22(20-12-6-2-7-13-20)21-14-8-3-9-15-21)25-26(30)23(28-27(25)31)17-16-19-10-4-1-5-11-19/h1-15,22,30H,16-18H2. The molecule has 4 rings (SSSR count). The summed E-state index contributed by atoms with van der Waals surface area (Å²) in [4.78, 5) is 29.6. The minimum absolute atomic E-state index is 0.0840. The highest BCUT2D eigenvalue weighted by atomic mass is 16.3. The van der Waals surface area contributed by atoms with Crippen LogP contribution in [0, 0.1) is 0 Å². The Labute approximate surface area is 181 Å². The Balaban J connectivity index is 1.54. The second-order valence-electron chi connectivity index (χ2n) is 7.57. The SMILES string of the molecule is O=C(CC(c1ccccc1)c1ccccc1)C1=C(O)C(CCc2ccccc2)=NC1=O. The Kier molecular flexibility index (Phi) is 6.18. The van der Waals surface area contributed by atoms with E-state index in [1.807, 2.05) is 91.0 Å². The number of nitrogens with zero attached hydrogens (tertiary/aromatic N) is 1. The van der Waals surface area contributed by atoms with Crippen molar-refractivity contribution in [1.29, 1.82) is 0 Å². The monoisotopic (exact) mass is 409 g/mol. The summed E-state index contributed by atoms with van der Waals surface area (Å²) in [6.07, 6.45) is 1.12. The highest BCUT2D eigenvalue weighted by molar-refractivity contribution is 6.31. The van der Waals surface area contributed by atoms with Crippen LogP contribution in [-0.2, 0) is 16.0 Å². The molecule has 0 fully saturated rings. The van der Waals surface area contributed by atoms with Crippen molar-refractivity contribution >= 4 is 17.4 Å². The van der Waals surface area contributed by atoms with Gasteiger partial charge in [0.1, 0.15) is 5.57 Å². The van der Waals surface area contributed by atoms with E-state index in [1.54, 1.807) is 0 Å². The first-order valence-electron chi connectivity index (χ1n) is 10.4. The molecule has 4 heteroatoms. The molecule has 1 heterocycles. The maximum atomic E-state index is 13.1. The van der Waals surface area contributed by atoms with Crippen LogP contribution in [0.15, 0.2) is 107 Å². The van der Waals surface area contributed by atoms with E-state index >= 15 is 0 Å². The number of rotatable bonds is 8. The van der Waals surface area contributed by atoms with Crippen LogP contribution >= 0.6 is 0 Å². The van der Waals surface area contributed by atoms with E-state index in [4.69, 9.17) is 0 Å². The molecule has 154 valence electrons. The van der Waals surface area contributed by atoms with Crippen molar-refractivity contribution in [3.8, 4) is 0 Å². The van der Waals surface area contributed by atoms with Crippen molar-refractivity contribution in [1.82, 2.24) is 0 Å². The quantitative estimate of drug-likeness (QED) is 0.520. The number of hydrogen-bond acceptors (Lipinski definition) is 3. The zero-order valence-corrected chi connectivity index (χ0v) is 17.1. The minimum atomic E-state index is -0.648. The van der Waals surface area contributed by atoms with E-state index in [0.717, 1.165) is 16.7 Å². The van der Waals surface area contributed by atoms with Gasteiger partial charge in [0, 0.05) is 12.3 Å². The van der Waals surface area contributed by atoms with Gasteiger partial charge in [0.05, 0.1) is 5.71 Å². The van der Waals surface area contributed by atoms with E-state index < -0.39 is 11.7 Å². The number of carbonyl (C=O) groups excluding carboxylic acids is 2. The average Bonchev–Trinajstić information content (AvgIpc) is 3.10. The first-order chi connectivity index (χ1) is 15.1. The summed E-state index contributed by atoms with van der Waals surface area (Å²) < 4.78 is 0. The highest BCUT2D eigenvalue weighted by Crippen LogP contribution is 2.31. The molecular weight excluding hydrogens is 386 g/mol. The largest absolute Gasteiger partial charge is 0.505 e. The minimum Gasteiger partial charge on any atom is -0.505 e. The Morgan fingerprint density at radius 1 is 0.774 bits per heavy atom. The Hall–Kier alpha value is -3.79. The van der Waals surface area contributed by atoms with Crippen LogP contribution in [0.25, 0.3) is 0 Å². The van der Waals surface area contributed by atoms with Gasteiger partial charge in [-0.05, 0) is 29.5 Å². The zero-order chi connectivity index (χ0) is 21.6. The summed E-state index contributed by atoms with van der Waals surface area (Å²) in [7, 11) is 0. The first kappa shape index (κ1) is 20.5. The Morgan fingerprint density at radius 2 is 1.29 bits per heavy atom. The number of carbonyl (C=O) groups is 2. The molecule has 0 radical (unpaired) electrons. The summed E-state index contributed by atoms with van der Waals surface area (Å²) in [5.41, 5.74) is 3.14. The third-order valence-corrected chi connectivity index (χ3v) is 5.53. The molecule has 0 saturated carbocycles. The molecular formula is C27H23NO3. The molecule has 3 aromatic carbocycles. The molecule has 0 aliphatic carbocycles. The van der Waals surface area contributed by atoms with Gasteiger partial charge in [-0.1, -0.05) is 91.0 Å². The van der Waals surface area contributed by atoms with Gasteiger partial charge in [-0.3, -0.25) is 9.59 Å². The number of ketones is 1. The lowest BCUT2D eigenvalue weighted by Gasteiger charge is -2.17. The van der Waals surface area contributed by atoms with Crippen LogP contribution in [0.1, 0.15) is 35.4 Å². The molecule has 4 nitrogen and oxygen atoms in total. The second kappa shape index (κ2) is 9.35. The molecule has 0 unspecified atom stereocenters. The van der Waals surface area contributed by atoms with Crippen LogP contribution in [0.2, 0.25) is 0 Å². The highest BCUT2D eigenvalue weighted by Gasteiger charge is 2.33. The van der Waals surface area contributed by atoms with Crippen LogP contribution in [-0.4, -0.2) is 22.5 Å². The van der Waals surface area contributed by atoms with Gasteiger partial charge in [0.2, 0.25) is 0 Å². The molecule has 0 atom stereocenters. The van der Waals surface area contributed by atoms with E-state index in [9.17, 15) is 14.7 Å². The Bertz CT molecular complexity index is 1090. The number of Topliss-reactive ketones (excluding diaryl/α,β-unsaturated/α-hetero) is 1. The third kappa shape index (κ3) is 4.69. The number of aliphatic hydroxyl groups excluding tert-OH is 1. The van der Waals surface area contributed by atoms with Crippen molar-refractivity contribution in [2.45, 2.75) is 25.2 Å². The predicted molar refractivity (Wildman–Crippen MR) is 121 cm³/mol. The fraction of sp³-hybridized carbons (Fsp3) is 0.148. The summed E-state index contributed by atoms with van der Waals surface area (Å²) in [6.45, 7) is 0. The molecule has 1 aliphatic rings. The number of benzene rings is 3. The molecule has 1 aliphatic heterocycles. The molecule has 1 N–H and O–H groups in total. The van der Waals surface area contributed by atoms with Crippen LogP contribution in [0.5, 0.6) is 0 Å². The lowest BCUT2D eigenvalue weighted by atomic mass is 9.85. The lowest BCUT2D eigenvalue weighted by Crippen LogP contribution is -2.15. The van der Waals surface area contributed by atoms with Gasteiger partial charge in [-0.15, -0.1) is 0 Å². The smallest absolute Gasteiger partial charge is 0.284 e. The number of allylic oxidation sites excluding steroid dienone is 1. The van der Waals surface area contributed by atoms with Crippen molar-refractivity contribution in [2.75, 3.05) is 0 Å². The summed E-state index contributed by atoms with van der Waals surface area (Å²) >= 11 is 0. The van der Waals surface area contributed by atoms with E-state index in [0.29, 0.717) is 12.8 Å². The normalized spacial score (nSPS) is 13.6. The number of amides is 1. The number of aliphatic imine (C=N–C) groups is 1. The van der Waals surface area contributed by atoms with Crippen molar-refractivity contribution in [2.24, 2.45) is 4.99 Å². The van der Waals surface area contributed by atoms with Crippen molar-refractivity contribution in [3.63, 3.8) is 0 Å². The predicted octanol–water partition coefficient (Wildman–Crippen LogP) is 5.20. The zero-order valence-electron chi connectivity index (χ0n) is 17.1. The average molecular weight is 409 g/mol. The maximum absolute atomic E-state index is 13.1. The van der Waals surface area contributed by atoms with Gasteiger partial charge in [0.25, 0.3) is 5.91 Å². The summed E-state index contributed by atoms with van der Waals surface area (Å²) in [5.74, 6) is -1.52. The van der Waals surface area contributed by atoms with Gasteiger partial charge in [-0.2, -0.15) is 0 Å². The fourth-order valence-electron chi connectivity index (χ4n) is 3.90. The fourth-order valence-corrected chi connectivity index (χ4v) is 3.90. The second-order valence-corrected chi connectivity index (χ2v) is 7.57. The summed E-state index contributed by atoms with van der Waals surface area (Å²) in [6, 6.07) is 29.2. The van der Waals surface area contributed by atoms with Crippen molar-refractivity contribution in [3.05, 3.63) is 119 Å². The maximum Gasteiger partial charge on any atom is 0.284 e. The van der Waals surface area contributed by atoms with Crippen LogP contribution in [0.4, 0.5) is 0 Å². The van der Waals surface area contributed by atoms with Crippen molar-refractivity contribution < 1.29 is 14.7 Å². The van der Waals surface area contributed by atoms with Crippen LogP contribution < -0.4 is 0 Å². The molecule has 3 aromatic rings. The molecule has 1 amide bonds. The van der Waals surface area contributed by atoms with Gasteiger partial charge >= 0.3 is 0 Å². The molecule has 0 spiro atoms. The molecule has 0 saturated heterocycles. The van der Waals surface area contributed by atoms with Gasteiger partial charge in [0.15, 0.2) is 11.5 Å². The van der Waals surface area contributed by atoms with E-state index in [2.05, 4.69) is 4.99 Å².